The first-order valence-electron chi connectivity index (χ1n) is 12.2. The molecule has 1 aliphatic rings. The summed E-state index contributed by atoms with van der Waals surface area (Å²) in [6, 6.07) is 16.0. The Kier molecular flexibility index (Phi) is 8.16. The summed E-state index contributed by atoms with van der Waals surface area (Å²) in [5.41, 5.74) is 2.04. The molecule has 1 N–H and O–H groups in total. The first-order chi connectivity index (χ1) is 17.9. The van der Waals surface area contributed by atoms with E-state index in [4.69, 9.17) is 4.74 Å². The van der Waals surface area contributed by atoms with E-state index in [0.717, 1.165) is 5.56 Å². The van der Waals surface area contributed by atoms with Crippen LogP contribution in [0.3, 0.4) is 0 Å². The lowest BCUT2D eigenvalue weighted by atomic mass is 9.99. The Labute approximate surface area is 216 Å². The molecule has 8 heteroatoms. The second-order valence-corrected chi connectivity index (χ2v) is 9.22. The number of carbonyl (C=O) groups excluding carboxylic acids is 2. The zero-order valence-electron chi connectivity index (χ0n) is 21.2. The van der Waals surface area contributed by atoms with Crippen LogP contribution in [0.4, 0.5) is 0 Å². The van der Waals surface area contributed by atoms with Crippen LogP contribution in [0, 0.1) is 17.8 Å². The summed E-state index contributed by atoms with van der Waals surface area (Å²) in [6.45, 7) is 4.18. The van der Waals surface area contributed by atoms with Gasteiger partial charge in [0.2, 0.25) is 5.88 Å². The standard InChI is InChI=1S/C29H30N4O4/c1-20-17-33(21(2)19-34)28(35)24-15-23(13-12-22-9-5-4-6-10-22)16-31-27(24)37-26(20)18-32(3)29(36)25-11-7-8-14-30-25/h4-11,14-16,20-21,26,34H,17-19H2,1-3H3/t20-,21-,26+/m1/s1. The fourth-order valence-electron chi connectivity index (χ4n) is 4.09. The maximum absolute atomic E-state index is 13.6. The molecule has 3 aromatic rings. The van der Waals surface area contributed by atoms with E-state index in [0.29, 0.717) is 17.8 Å². The number of ether oxygens (including phenoxy) is 1. The lowest BCUT2D eigenvalue weighted by Crippen LogP contribution is -2.50. The topological polar surface area (TPSA) is 95.9 Å². The summed E-state index contributed by atoms with van der Waals surface area (Å²) >= 11 is 0. The Morgan fingerprint density at radius 2 is 1.89 bits per heavy atom. The van der Waals surface area contributed by atoms with E-state index >= 15 is 0 Å². The molecule has 0 bridgehead atoms. The van der Waals surface area contributed by atoms with Crippen LogP contribution in [0.25, 0.3) is 0 Å². The minimum absolute atomic E-state index is 0.149. The van der Waals surface area contributed by atoms with E-state index in [2.05, 4.69) is 21.8 Å². The van der Waals surface area contributed by atoms with Gasteiger partial charge in [0.05, 0.1) is 19.2 Å². The number of hydrogen-bond acceptors (Lipinski definition) is 6. The van der Waals surface area contributed by atoms with Crippen LogP contribution in [0.2, 0.25) is 0 Å². The van der Waals surface area contributed by atoms with E-state index in [1.807, 2.05) is 37.3 Å². The zero-order valence-corrected chi connectivity index (χ0v) is 21.2. The molecule has 2 amide bonds. The summed E-state index contributed by atoms with van der Waals surface area (Å²) in [5, 5.41) is 9.85. The molecule has 0 spiro atoms. The smallest absolute Gasteiger partial charge is 0.272 e. The first-order valence-corrected chi connectivity index (χ1v) is 12.2. The van der Waals surface area contributed by atoms with Crippen molar-refractivity contribution in [1.29, 1.82) is 0 Å². The van der Waals surface area contributed by atoms with Crippen molar-refractivity contribution in [3.8, 4) is 17.7 Å². The van der Waals surface area contributed by atoms with Gasteiger partial charge in [0, 0.05) is 43.0 Å². The number of aliphatic hydroxyl groups excluding tert-OH is 1. The van der Waals surface area contributed by atoms with Crippen LogP contribution >= 0.6 is 0 Å². The van der Waals surface area contributed by atoms with Gasteiger partial charge in [0.15, 0.2) is 0 Å². The van der Waals surface area contributed by atoms with E-state index in [1.165, 1.54) is 0 Å². The lowest BCUT2D eigenvalue weighted by molar-refractivity contribution is 0.0312. The Balaban J connectivity index is 1.65. The molecule has 37 heavy (non-hydrogen) atoms. The van der Waals surface area contributed by atoms with Crippen LogP contribution in [0.1, 0.15) is 45.8 Å². The van der Waals surface area contributed by atoms with Gasteiger partial charge >= 0.3 is 0 Å². The van der Waals surface area contributed by atoms with Gasteiger partial charge < -0.3 is 19.6 Å². The van der Waals surface area contributed by atoms with Crippen molar-refractivity contribution >= 4 is 11.8 Å². The average Bonchev–Trinajstić information content (AvgIpc) is 2.94. The number of likely N-dealkylation sites (N-methyl/N-ethyl adjacent to an activating group) is 1. The molecule has 2 aromatic heterocycles. The molecule has 4 rings (SSSR count). The largest absolute Gasteiger partial charge is 0.472 e. The number of hydrogen-bond donors (Lipinski definition) is 1. The van der Waals surface area contributed by atoms with Crippen molar-refractivity contribution in [3.63, 3.8) is 0 Å². The Morgan fingerprint density at radius 1 is 1.16 bits per heavy atom. The molecular formula is C29H30N4O4. The van der Waals surface area contributed by atoms with E-state index < -0.39 is 12.1 Å². The second-order valence-electron chi connectivity index (χ2n) is 9.22. The second kappa shape index (κ2) is 11.7. The zero-order chi connectivity index (χ0) is 26.4. The number of nitrogens with zero attached hydrogens (tertiary/aromatic N) is 4. The monoisotopic (exact) mass is 498 g/mol. The van der Waals surface area contributed by atoms with Crippen LogP contribution in [-0.4, -0.2) is 75.6 Å². The molecule has 0 radical (unpaired) electrons. The van der Waals surface area contributed by atoms with Crippen molar-refractivity contribution in [2.24, 2.45) is 5.92 Å². The van der Waals surface area contributed by atoms with Crippen molar-refractivity contribution in [3.05, 3.63) is 89.4 Å². The van der Waals surface area contributed by atoms with Gasteiger partial charge in [-0.3, -0.25) is 14.6 Å². The fraction of sp³-hybridized carbons (Fsp3) is 0.310. The molecule has 1 aromatic carbocycles. The van der Waals surface area contributed by atoms with Gasteiger partial charge in [0.1, 0.15) is 17.4 Å². The highest BCUT2D eigenvalue weighted by molar-refractivity contribution is 5.97. The molecule has 1 aliphatic heterocycles. The molecule has 0 unspecified atom stereocenters. The number of pyridine rings is 2. The third-order valence-corrected chi connectivity index (χ3v) is 6.33. The highest BCUT2D eigenvalue weighted by atomic mass is 16.5. The predicted molar refractivity (Wildman–Crippen MR) is 139 cm³/mol. The molecule has 0 saturated heterocycles. The van der Waals surface area contributed by atoms with Crippen molar-refractivity contribution in [2.45, 2.75) is 26.0 Å². The Morgan fingerprint density at radius 3 is 2.59 bits per heavy atom. The van der Waals surface area contributed by atoms with Crippen molar-refractivity contribution in [1.82, 2.24) is 19.8 Å². The minimum Gasteiger partial charge on any atom is -0.472 e. The van der Waals surface area contributed by atoms with Crippen molar-refractivity contribution in [2.75, 3.05) is 26.7 Å². The molecule has 3 heterocycles. The Bertz CT molecular complexity index is 1300. The Hall–Kier alpha value is -4.22. The molecule has 0 fully saturated rings. The summed E-state index contributed by atoms with van der Waals surface area (Å²) in [6.07, 6.45) is 2.70. The van der Waals surface area contributed by atoms with Gasteiger partial charge in [-0.1, -0.05) is 43.0 Å². The molecule has 0 saturated carbocycles. The van der Waals surface area contributed by atoms with Crippen LogP contribution in [0.15, 0.2) is 67.0 Å². The van der Waals surface area contributed by atoms with Gasteiger partial charge in [0.25, 0.3) is 11.8 Å². The number of amides is 2. The summed E-state index contributed by atoms with van der Waals surface area (Å²) < 4.78 is 6.27. The SMILES string of the molecule is C[C@@H]1CN([C@H](C)CO)C(=O)c2cc(C#Cc3ccccc3)cnc2O[C@H]1CN(C)C(=O)c1ccccn1. The van der Waals surface area contributed by atoms with Crippen LogP contribution in [0.5, 0.6) is 5.88 Å². The third-order valence-electron chi connectivity index (χ3n) is 6.33. The first kappa shape index (κ1) is 25.9. The third kappa shape index (κ3) is 6.13. The average molecular weight is 499 g/mol. The maximum Gasteiger partial charge on any atom is 0.272 e. The van der Waals surface area contributed by atoms with E-state index in [-0.39, 0.29) is 42.3 Å². The normalized spacial score (nSPS) is 17.8. The quantitative estimate of drug-likeness (QED) is 0.544. The molecule has 3 atom stereocenters. The number of fused-ring (bicyclic) bond motifs is 1. The molecule has 190 valence electrons. The minimum atomic E-state index is -0.452. The van der Waals surface area contributed by atoms with Gasteiger partial charge in [-0.15, -0.1) is 0 Å². The number of rotatable bonds is 5. The lowest BCUT2D eigenvalue weighted by Gasteiger charge is -2.37. The summed E-state index contributed by atoms with van der Waals surface area (Å²) in [4.78, 5) is 38.3. The predicted octanol–water partition coefficient (Wildman–Crippen LogP) is 2.87. The number of aromatic nitrogens is 2. The molecule has 0 aliphatic carbocycles. The number of aliphatic hydroxyl groups is 1. The highest BCUT2D eigenvalue weighted by Gasteiger charge is 2.34. The number of benzene rings is 1. The van der Waals surface area contributed by atoms with Crippen LogP contribution in [-0.2, 0) is 0 Å². The van der Waals surface area contributed by atoms with Gasteiger partial charge in [-0.2, -0.15) is 0 Å². The summed E-state index contributed by atoms with van der Waals surface area (Å²) in [7, 11) is 1.70. The van der Waals surface area contributed by atoms with Crippen molar-refractivity contribution < 1.29 is 19.4 Å². The van der Waals surface area contributed by atoms with Crippen LogP contribution < -0.4 is 4.74 Å². The van der Waals surface area contributed by atoms with Gasteiger partial charge in [-0.25, -0.2) is 4.98 Å². The fourth-order valence-corrected chi connectivity index (χ4v) is 4.09. The van der Waals surface area contributed by atoms with E-state index in [1.54, 1.807) is 60.4 Å². The van der Waals surface area contributed by atoms with Gasteiger partial charge in [-0.05, 0) is 37.3 Å². The molecule has 8 nitrogen and oxygen atoms in total. The maximum atomic E-state index is 13.6. The molecular weight excluding hydrogens is 468 g/mol. The highest BCUT2D eigenvalue weighted by Crippen LogP contribution is 2.27. The summed E-state index contributed by atoms with van der Waals surface area (Å²) in [5.74, 6) is 5.67. The van der Waals surface area contributed by atoms with E-state index in [9.17, 15) is 14.7 Å². The number of carbonyl (C=O) groups is 2.